The molecule has 7 rings (SSSR count). The zero-order chi connectivity index (χ0) is 34.4. The Morgan fingerprint density at radius 2 is 1.55 bits per heavy atom. The summed E-state index contributed by atoms with van der Waals surface area (Å²) in [6, 6.07) is 16.9. The van der Waals surface area contributed by atoms with Gasteiger partial charge in [-0.25, -0.2) is 0 Å². The lowest BCUT2D eigenvalue weighted by atomic mass is 9.89. The van der Waals surface area contributed by atoms with E-state index in [1.165, 1.54) is 24.8 Å². The van der Waals surface area contributed by atoms with E-state index in [0.717, 1.165) is 97.1 Å². The van der Waals surface area contributed by atoms with E-state index >= 15 is 0 Å². The number of piperidine rings is 1. The number of aryl methyl sites for hydroxylation is 1. The molecule has 2 saturated heterocycles. The van der Waals surface area contributed by atoms with E-state index in [9.17, 15) is 9.59 Å². The monoisotopic (exact) mass is 673 g/mol. The zero-order valence-corrected chi connectivity index (χ0v) is 28.9. The van der Waals surface area contributed by atoms with Crippen molar-refractivity contribution in [3.63, 3.8) is 0 Å². The fourth-order valence-electron chi connectivity index (χ4n) is 7.72. The van der Waals surface area contributed by atoms with Crippen LogP contribution in [-0.4, -0.2) is 79.8 Å². The van der Waals surface area contributed by atoms with Crippen molar-refractivity contribution in [1.82, 2.24) is 10.2 Å². The second-order valence-corrected chi connectivity index (χ2v) is 13.9. The van der Waals surface area contributed by atoms with Crippen LogP contribution >= 0.6 is 0 Å². The topological polar surface area (TPSA) is 133 Å². The van der Waals surface area contributed by atoms with E-state index in [0.29, 0.717) is 25.7 Å². The Bertz CT molecular complexity index is 1590. The van der Waals surface area contributed by atoms with Crippen LogP contribution in [0.25, 0.3) is 21.9 Å². The normalized spacial score (nSPS) is 20.0. The van der Waals surface area contributed by atoms with Gasteiger partial charge in [-0.3, -0.25) is 14.5 Å². The first-order valence-electron chi connectivity index (χ1n) is 17.8. The number of aliphatic carboxylic acids is 1. The second-order valence-electron chi connectivity index (χ2n) is 13.9. The van der Waals surface area contributed by atoms with Crippen molar-refractivity contribution in [3.8, 4) is 22.6 Å². The summed E-state index contributed by atoms with van der Waals surface area (Å²) >= 11 is 0. The van der Waals surface area contributed by atoms with Crippen molar-refractivity contribution in [2.24, 2.45) is 5.73 Å². The minimum atomic E-state index is -0.786. The molecule has 2 aliphatic carbocycles. The van der Waals surface area contributed by atoms with Gasteiger partial charge in [0.05, 0.1) is 38.5 Å². The molecule has 4 fully saturated rings. The number of likely N-dealkylation sites (tertiary alicyclic amines) is 1. The Morgan fingerprint density at radius 3 is 2.14 bits per heavy atom. The van der Waals surface area contributed by atoms with Gasteiger partial charge in [0.15, 0.2) is 5.79 Å². The third-order valence-corrected chi connectivity index (χ3v) is 10.6. The number of hydrogen-bond acceptors (Lipinski definition) is 8. The van der Waals surface area contributed by atoms with Gasteiger partial charge in [0.25, 0.3) is 0 Å². The number of amides is 1. The van der Waals surface area contributed by atoms with Gasteiger partial charge < -0.3 is 35.1 Å². The molecule has 1 spiro atoms. The number of carbonyl (C=O) groups excluding carboxylic acids is 1. The highest BCUT2D eigenvalue weighted by atomic mass is 16.7. The summed E-state index contributed by atoms with van der Waals surface area (Å²) < 4.78 is 23.1. The molecule has 3 aromatic rings. The van der Waals surface area contributed by atoms with Crippen LogP contribution < -0.4 is 20.5 Å². The van der Waals surface area contributed by atoms with Crippen molar-refractivity contribution in [2.45, 2.75) is 94.5 Å². The van der Waals surface area contributed by atoms with Crippen LogP contribution in [0.5, 0.6) is 11.5 Å². The number of nitrogens with two attached hydrogens (primary N) is 1. The first-order valence-corrected chi connectivity index (χ1v) is 17.8. The van der Waals surface area contributed by atoms with Gasteiger partial charge in [-0.1, -0.05) is 42.8 Å². The number of carbonyl (C=O) groups is 2. The van der Waals surface area contributed by atoms with Crippen LogP contribution in [0.15, 0.2) is 48.5 Å². The lowest BCUT2D eigenvalue weighted by molar-refractivity contribution is -0.179. The molecule has 0 atom stereocenters. The molecule has 49 heavy (non-hydrogen) atoms. The van der Waals surface area contributed by atoms with Crippen molar-refractivity contribution in [1.29, 1.82) is 0 Å². The average molecular weight is 674 g/mol. The van der Waals surface area contributed by atoms with Crippen molar-refractivity contribution in [2.75, 3.05) is 40.5 Å². The molecule has 0 aromatic heterocycles. The summed E-state index contributed by atoms with van der Waals surface area (Å²) in [6.45, 7) is 4.58. The first-order chi connectivity index (χ1) is 23.7. The van der Waals surface area contributed by atoms with Crippen molar-refractivity contribution in [3.05, 3.63) is 59.7 Å². The Kier molecular flexibility index (Phi) is 11.1. The fraction of sp³-hybridized carbons (Fsp3) is 0.538. The maximum absolute atomic E-state index is 11.3. The van der Waals surface area contributed by atoms with E-state index in [1.54, 1.807) is 14.2 Å². The Hall–Kier alpha value is -3.70. The average Bonchev–Trinajstić information content (AvgIpc) is 3.78. The predicted octanol–water partition coefficient (Wildman–Crippen LogP) is 5.81. The number of carboxylic acids is 1. The summed E-state index contributed by atoms with van der Waals surface area (Å²) in [7, 11) is 3.40. The van der Waals surface area contributed by atoms with Gasteiger partial charge in [-0.2, -0.15) is 0 Å². The maximum Gasteiger partial charge on any atom is 0.303 e. The molecular formula is C39H51N3O7. The SMILES string of the molecule is COc1cc(CN2CCCCC2)cc(OC)c1-c1cccc2c(CCC(=O)O)cccc12.NC(=O)C1(NC2CCC3(CC2)OCCO3)CC1. The number of ether oxygens (including phenoxy) is 4. The minimum Gasteiger partial charge on any atom is -0.496 e. The number of carboxylic acid groups (broad SMARTS) is 1. The van der Waals surface area contributed by atoms with E-state index in [-0.39, 0.29) is 18.1 Å². The molecule has 0 radical (unpaired) electrons. The third kappa shape index (κ3) is 8.20. The predicted molar refractivity (Wildman–Crippen MR) is 189 cm³/mol. The molecule has 0 unspecified atom stereocenters. The van der Waals surface area contributed by atoms with E-state index in [1.807, 2.05) is 18.2 Å². The number of benzene rings is 3. The third-order valence-electron chi connectivity index (χ3n) is 10.6. The molecule has 264 valence electrons. The Morgan fingerprint density at radius 1 is 0.918 bits per heavy atom. The molecule has 3 aromatic carbocycles. The molecule has 4 aliphatic rings. The van der Waals surface area contributed by atoms with Gasteiger partial charge in [0.1, 0.15) is 11.5 Å². The van der Waals surface area contributed by atoms with Crippen molar-refractivity contribution < 1.29 is 33.6 Å². The Labute approximate surface area is 289 Å². The molecular weight excluding hydrogens is 622 g/mol. The van der Waals surface area contributed by atoms with Crippen LogP contribution in [0.4, 0.5) is 0 Å². The van der Waals surface area contributed by atoms with Crippen LogP contribution in [-0.2, 0) is 32.0 Å². The number of nitrogens with zero attached hydrogens (tertiary/aromatic N) is 1. The molecule has 10 heteroatoms. The number of nitrogens with one attached hydrogen (secondary N) is 1. The highest BCUT2D eigenvalue weighted by Crippen LogP contribution is 2.44. The second kappa shape index (κ2) is 15.5. The van der Waals surface area contributed by atoms with Crippen LogP contribution in [0, 0.1) is 0 Å². The Balaban J connectivity index is 0.000000205. The molecule has 10 nitrogen and oxygen atoms in total. The van der Waals surface area contributed by atoms with Crippen LogP contribution in [0.2, 0.25) is 0 Å². The van der Waals surface area contributed by atoms with Gasteiger partial charge in [-0.05, 0) is 97.6 Å². The summed E-state index contributed by atoms with van der Waals surface area (Å²) in [5.74, 6) is 0.276. The molecule has 2 saturated carbocycles. The van der Waals surface area contributed by atoms with E-state index in [2.05, 4.69) is 40.5 Å². The highest BCUT2D eigenvalue weighted by molar-refractivity contribution is 6.01. The standard InChI is InChI=1S/C27H31NO4.C12H20N2O3/c1-31-24-16-19(18-28-14-4-3-5-15-28)17-25(32-2)27(24)23-11-7-9-21-20(12-13-26(29)30)8-6-10-22(21)23;13-10(15)11(5-6-11)14-9-1-3-12(4-2-9)16-7-8-17-12/h6-11,16-17H,3-5,12-15,18H2,1-2H3,(H,29,30);9,14H,1-8H2,(H2,13,15). The lowest BCUT2D eigenvalue weighted by Crippen LogP contribution is -2.51. The summed E-state index contributed by atoms with van der Waals surface area (Å²) in [5, 5.41) is 14.7. The van der Waals surface area contributed by atoms with Gasteiger partial charge in [0, 0.05) is 31.8 Å². The lowest BCUT2D eigenvalue weighted by Gasteiger charge is -2.36. The summed E-state index contributed by atoms with van der Waals surface area (Å²) in [5.41, 5.74) is 9.19. The number of fused-ring (bicyclic) bond motifs is 1. The summed E-state index contributed by atoms with van der Waals surface area (Å²) in [4.78, 5) is 24.9. The highest BCUT2D eigenvalue weighted by Gasteiger charge is 2.51. The molecule has 2 heterocycles. The number of methoxy groups -OCH3 is 2. The molecule has 0 bridgehead atoms. The van der Waals surface area contributed by atoms with E-state index < -0.39 is 11.5 Å². The first kappa shape index (κ1) is 35.1. The van der Waals surface area contributed by atoms with E-state index in [4.69, 9.17) is 29.8 Å². The van der Waals surface area contributed by atoms with Crippen LogP contribution in [0.3, 0.4) is 0 Å². The largest absolute Gasteiger partial charge is 0.496 e. The quantitative estimate of drug-likeness (QED) is 0.231. The van der Waals surface area contributed by atoms with Gasteiger partial charge in [0.2, 0.25) is 5.91 Å². The smallest absolute Gasteiger partial charge is 0.303 e. The van der Waals surface area contributed by atoms with Gasteiger partial charge in [-0.15, -0.1) is 0 Å². The van der Waals surface area contributed by atoms with Crippen molar-refractivity contribution >= 4 is 22.6 Å². The molecule has 4 N–H and O–H groups in total. The maximum atomic E-state index is 11.3. The van der Waals surface area contributed by atoms with Gasteiger partial charge >= 0.3 is 5.97 Å². The summed E-state index contributed by atoms with van der Waals surface area (Å²) in [6.07, 6.45) is 10.0. The molecule has 2 aliphatic heterocycles. The number of primary amides is 1. The molecule has 1 amide bonds. The minimum absolute atomic E-state index is 0.112. The van der Waals surface area contributed by atoms with Crippen LogP contribution in [0.1, 0.15) is 75.3 Å². The number of rotatable bonds is 11. The number of hydrogen-bond donors (Lipinski definition) is 3. The fourth-order valence-corrected chi connectivity index (χ4v) is 7.72. The zero-order valence-electron chi connectivity index (χ0n) is 28.9.